The topological polar surface area (TPSA) is 51.8 Å². The van der Waals surface area contributed by atoms with E-state index in [9.17, 15) is 0 Å². The van der Waals surface area contributed by atoms with Gasteiger partial charge in [-0.05, 0) is 29.8 Å². The highest BCUT2D eigenvalue weighted by atomic mass is 14.7. The molecule has 2 heterocycles. The minimum atomic E-state index is 0.775. The fourth-order valence-corrected chi connectivity index (χ4v) is 2.06. The van der Waals surface area contributed by atoms with Crippen LogP contribution in [0, 0.1) is 0 Å². The van der Waals surface area contributed by atoms with Crippen molar-refractivity contribution in [1.82, 2.24) is 9.97 Å². The molecular formula is C15H13N3. The van der Waals surface area contributed by atoms with Gasteiger partial charge in [-0.3, -0.25) is 9.97 Å². The smallest absolute Gasteiger partial charge is 0.0726 e. The van der Waals surface area contributed by atoms with Crippen molar-refractivity contribution < 1.29 is 0 Å². The molecule has 0 radical (unpaired) electrons. The van der Waals surface area contributed by atoms with Crippen molar-refractivity contribution in [2.45, 2.75) is 6.42 Å². The third kappa shape index (κ3) is 2.02. The molecule has 0 amide bonds. The Bertz CT molecular complexity index is 678. The lowest BCUT2D eigenvalue weighted by Crippen LogP contribution is -1.97. The van der Waals surface area contributed by atoms with Gasteiger partial charge in [-0.2, -0.15) is 0 Å². The fraction of sp³-hybridized carbons (Fsp3) is 0.0667. The van der Waals surface area contributed by atoms with Crippen LogP contribution in [0.2, 0.25) is 0 Å². The van der Waals surface area contributed by atoms with Crippen molar-refractivity contribution in [1.29, 1.82) is 0 Å². The van der Waals surface area contributed by atoms with Crippen LogP contribution < -0.4 is 5.73 Å². The molecule has 3 rings (SSSR count). The summed E-state index contributed by atoms with van der Waals surface area (Å²) in [7, 11) is 0. The van der Waals surface area contributed by atoms with Crippen molar-refractivity contribution in [3.63, 3.8) is 0 Å². The molecule has 0 aliphatic heterocycles. The van der Waals surface area contributed by atoms with Crippen LogP contribution in [0.1, 0.15) is 11.3 Å². The maximum Gasteiger partial charge on any atom is 0.0726 e. The molecule has 3 aromatic rings. The highest BCUT2D eigenvalue weighted by Gasteiger charge is 2.03. The summed E-state index contributed by atoms with van der Waals surface area (Å²) in [6.45, 7) is 0. The zero-order valence-electron chi connectivity index (χ0n) is 9.88. The molecule has 1 aromatic carbocycles. The first-order chi connectivity index (χ1) is 8.83. The van der Waals surface area contributed by atoms with Crippen LogP contribution in [0.5, 0.6) is 0 Å². The molecule has 3 nitrogen and oxygen atoms in total. The monoisotopic (exact) mass is 235 g/mol. The molecule has 18 heavy (non-hydrogen) atoms. The summed E-state index contributed by atoms with van der Waals surface area (Å²) in [6, 6.07) is 13.9. The van der Waals surface area contributed by atoms with Gasteiger partial charge < -0.3 is 5.73 Å². The van der Waals surface area contributed by atoms with Crippen LogP contribution in [0.4, 0.5) is 5.69 Å². The molecule has 0 spiro atoms. The number of nitrogens with zero attached hydrogens (tertiary/aromatic N) is 2. The van der Waals surface area contributed by atoms with Crippen LogP contribution in [-0.2, 0) is 6.42 Å². The Morgan fingerprint density at radius 1 is 1.00 bits per heavy atom. The molecule has 0 unspecified atom stereocenters. The van der Waals surface area contributed by atoms with Gasteiger partial charge in [-0.1, -0.05) is 18.2 Å². The second-order valence-electron chi connectivity index (χ2n) is 4.25. The largest absolute Gasteiger partial charge is 0.398 e. The Morgan fingerprint density at radius 2 is 1.78 bits per heavy atom. The highest BCUT2D eigenvalue weighted by molar-refractivity contribution is 5.90. The number of nitrogens with two attached hydrogens (primary N) is 1. The van der Waals surface area contributed by atoms with Crippen LogP contribution >= 0.6 is 0 Å². The highest BCUT2D eigenvalue weighted by Crippen LogP contribution is 2.21. The Kier molecular flexibility index (Phi) is 2.65. The second kappa shape index (κ2) is 4.45. The predicted molar refractivity (Wildman–Crippen MR) is 73.2 cm³/mol. The first kappa shape index (κ1) is 10.7. The van der Waals surface area contributed by atoms with Crippen LogP contribution in [0.15, 0.2) is 54.9 Å². The summed E-state index contributed by atoms with van der Waals surface area (Å²) >= 11 is 0. The summed E-state index contributed by atoms with van der Waals surface area (Å²) in [6.07, 6.45) is 4.36. The van der Waals surface area contributed by atoms with Gasteiger partial charge in [0, 0.05) is 35.6 Å². The molecule has 0 aliphatic rings. The molecule has 0 saturated carbocycles. The Balaban J connectivity index is 2.03. The zero-order valence-corrected chi connectivity index (χ0v) is 9.88. The average molecular weight is 235 g/mol. The predicted octanol–water partition coefficient (Wildman–Crippen LogP) is 2.80. The summed E-state index contributed by atoms with van der Waals surface area (Å²) < 4.78 is 0. The van der Waals surface area contributed by atoms with Gasteiger partial charge in [0.15, 0.2) is 0 Å². The summed E-state index contributed by atoms with van der Waals surface area (Å²) in [5.74, 6) is 0. The number of rotatable bonds is 2. The van der Waals surface area contributed by atoms with E-state index >= 15 is 0 Å². The quantitative estimate of drug-likeness (QED) is 0.743. The molecule has 88 valence electrons. The minimum Gasteiger partial charge on any atom is -0.398 e. The Hall–Kier alpha value is -2.42. The van der Waals surface area contributed by atoms with Crippen LogP contribution in [0.3, 0.4) is 0 Å². The number of aromatic nitrogens is 2. The lowest BCUT2D eigenvalue weighted by atomic mass is 10.1. The van der Waals surface area contributed by atoms with Gasteiger partial charge in [0.1, 0.15) is 0 Å². The number of hydrogen-bond acceptors (Lipinski definition) is 3. The minimum absolute atomic E-state index is 0.775. The van der Waals surface area contributed by atoms with E-state index in [1.807, 2.05) is 42.5 Å². The summed E-state index contributed by atoms with van der Waals surface area (Å²) in [4.78, 5) is 8.64. The molecule has 2 N–H and O–H groups in total. The van der Waals surface area contributed by atoms with Crippen molar-refractivity contribution in [3.05, 3.63) is 66.1 Å². The molecular weight excluding hydrogens is 222 g/mol. The molecule has 0 atom stereocenters. The number of nitrogen functional groups attached to an aromatic ring is 1. The van der Waals surface area contributed by atoms with E-state index in [0.717, 1.165) is 28.7 Å². The second-order valence-corrected chi connectivity index (χ2v) is 4.25. The first-order valence-corrected chi connectivity index (χ1v) is 5.86. The molecule has 0 fully saturated rings. The van der Waals surface area contributed by atoms with Crippen molar-refractivity contribution in [2.24, 2.45) is 0 Å². The van der Waals surface area contributed by atoms with E-state index in [1.54, 1.807) is 12.4 Å². The van der Waals surface area contributed by atoms with E-state index in [-0.39, 0.29) is 0 Å². The number of pyridine rings is 2. The Labute approximate surface area is 105 Å². The number of para-hydroxylation sites is 1. The van der Waals surface area contributed by atoms with Gasteiger partial charge in [-0.25, -0.2) is 0 Å². The van der Waals surface area contributed by atoms with Crippen molar-refractivity contribution in [2.75, 3.05) is 5.73 Å². The van der Waals surface area contributed by atoms with Gasteiger partial charge in [0.2, 0.25) is 0 Å². The molecule has 0 bridgehead atoms. The van der Waals surface area contributed by atoms with Gasteiger partial charge >= 0.3 is 0 Å². The third-order valence-electron chi connectivity index (χ3n) is 2.94. The van der Waals surface area contributed by atoms with Gasteiger partial charge in [0.05, 0.1) is 5.52 Å². The van der Waals surface area contributed by atoms with Crippen molar-refractivity contribution >= 4 is 16.6 Å². The van der Waals surface area contributed by atoms with E-state index in [2.05, 4.69) is 9.97 Å². The van der Waals surface area contributed by atoms with Gasteiger partial charge in [0.25, 0.3) is 0 Å². The third-order valence-corrected chi connectivity index (χ3v) is 2.94. The first-order valence-electron chi connectivity index (χ1n) is 5.86. The van der Waals surface area contributed by atoms with E-state index in [4.69, 9.17) is 5.73 Å². The normalized spacial score (nSPS) is 10.7. The molecule has 3 heteroatoms. The number of fused-ring (bicyclic) bond motifs is 1. The lowest BCUT2D eigenvalue weighted by molar-refractivity contribution is 1.09. The number of benzene rings is 1. The SMILES string of the molecule is Nc1cc(Cc2ccncc2)nc2ccccc12. The maximum atomic E-state index is 6.06. The number of anilines is 1. The summed E-state index contributed by atoms with van der Waals surface area (Å²) in [5.41, 5.74) is 9.96. The standard InChI is InChI=1S/C15H13N3/c16-14-10-12(9-11-5-7-17-8-6-11)18-15-4-2-1-3-13(14)15/h1-8,10H,9H2,(H2,16,18). The van der Waals surface area contributed by atoms with Gasteiger partial charge in [-0.15, -0.1) is 0 Å². The average Bonchev–Trinajstić information content (AvgIpc) is 2.40. The van der Waals surface area contributed by atoms with Crippen molar-refractivity contribution in [3.8, 4) is 0 Å². The molecule has 0 aliphatic carbocycles. The van der Waals surface area contributed by atoms with E-state index < -0.39 is 0 Å². The zero-order chi connectivity index (χ0) is 12.4. The van der Waals surface area contributed by atoms with Crippen LogP contribution in [0.25, 0.3) is 10.9 Å². The molecule has 2 aromatic heterocycles. The van der Waals surface area contributed by atoms with E-state index in [1.165, 1.54) is 5.56 Å². The van der Waals surface area contributed by atoms with Crippen LogP contribution in [-0.4, -0.2) is 9.97 Å². The van der Waals surface area contributed by atoms with E-state index in [0.29, 0.717) is 0 Å². The lowest BCUT2D eigenvalue weighted by Gasteiger charge is -2.06. The Morgan fingerprint density at radius 3 is 2.61 bits per heavy atom. The molecule has 0 saturated heterocycles. The summed E-state index contributed by atoms with van der Waals surface area (Å²) in [5, 5.41) is 1.01. The number of hydrogen-bond donors (Lipinski definition) is 1. The maximum absolute atomic E-state index is 6.06. The fourth-order valence-electron chi connectivity index (χ4n) is 2.06.